The highest BCUT2D eigenvalue weighted by atomic mass is 35.5. The van der Waals surface area contributed by atoms with Crippen LogP contribution in [0.3, 0.4) is 0 Å². The van der Waals surface area contributed by atoms with E-state index in [1.165, 1.54) is 12.6 Å². The van der Waals surface area contributed by atoms with Crippen LogP contribution in [-0.2, 0) is 0 Å². The summed E-state index contributed by atoms with van der Waals surface area (Å²) in [5, 5.41) is 2.58. The molecule has 0 unspecified atom stereocenters. The van der Waals surface area contributed by atoms with Crippen molar-refractivity contribution in [3.05, 3.63) is 41.2 Å². The molecule has 1 amide bonds. The summed E-state index contributed by atoms with van der Waals surface area (Å²) in [6.07, 6.45) is 5.77. The van der Waals surface area contributed by atoms with Gasteiger partial charge in [-0.3, -0.25) is 10.2 Å². The Kier molecular flexibility index (Phi) is 7.23. The number of hydrogen-bond acceptors (Lipinski definition) is 5. The van der Waals surface area contributed by atoms with Gasteiger partial charge in [-0.25, -0.2) is 15.0 Å². The molecule has 0 bridgehead atoms. The quantitative estimate of drug-likeness (QED) is 0.745. The first-order valence-corrected chi connectivity index (χ1v) is 10.2. The Morgan fingerprint density at radius 2 is 1.93 bits per heavy atom. The van der Waals surface area contributed by atoms with Gasteiger partial charge in [-0.2, -0.15) is 0 Å². The molecule has 1 aromatic heterocycles. The molecule has 1 aliphatic heterocycles. The number of benzene rings is 1. The molecule has 3 rings (SSSR count). The smallest absolute Gasteiger partial charge is 0.285 e. The number of ether oxygens (including phenoxy) is 1. The maximum Gasteiger partial charge on any atom is 0.285 e. The van der Waals surface area contributed by atoms with E-state index in [-0.39, 0.29) is 11.6 Å². The topological polar surface area (TPSA) is 67.3 Å². The standard InChI is InChI=1S/C21H27ClN4O2/c1-15(2)10-13-28-21-19(16-6-8-17(22)9-7-16)24-18(14-23-21)20(27)25-26-11-4-3-5-12-26/h6-9,14-15H,3-5,10-13H2,1-2H3,(H,25,27). The van der Waals surface area contributed by atoms with E-state index in [2.05, 4.69) is 29.2 Å². The van der Waals surface area contributed by atoms with Crippen molar-refractivity contribution < 1.29 is 9.53 Å². The number of amides is 1. The summed E-state index contributed by atoms with van der Waals surface area (Å²) in [6.45, 7) is 6.55. The molecular formula is C21H27ClN4O2. The van der Waals surface area contributed by atoms with Gasteiger partial charge in [-0.1, -0.05) is 44.0 Å². The van der Waals surface area contributed by atoms with Crippen LogP contribution in [0, 0.1) is 5.92 Å². The molecule has 1 saturated heterocycles. The highest BCUT2D eigenvalue weighted by Gasteiger charge is 2.19. The van der Waals surface area contributed by atoms with Crippen LogP contribution in [-0.4, -0.2) is 40.6 Å². The number of hydrogen-bond donors (Lipinski definition) is 1. The fourth-order valence-corrected chi connectivity index (χ4v) is 3.11. The van der Waals surface area contributed by atoms with Crippen LogP contribution in [0.1, 0.15) is 50.0 Å². The Hall–Kier alpha value is -2.18. The van der Waals surface area contributed by atoms with Crippen molar-refractivity contribution in [3.8, 4) is 17.1 Å². The summed E-state index contributed by atoms with van der Waals surface area (Å²) in [7, 11) is 0. The molecule has 6 nitrogen and oxygen atoms in total. The summed E-state index contributed by atoms with van der Waals surface area (Å²) in [5.74, 6) is 0.706. The minimum absolute atomic E-state index is 0.252. The Morgan fingerprint density at radius 1 is 1.21 bits per heavy atom. The van der Waals surface area contributed by atoms with Crippen LogP contribution in [0.4, 0.5) is 0 Å². The lowest BCUT2D eigenvalue weighted by Gasteiger charge is -2.26. The molecule has 1 aliphatic rings. The Bertz CT molecular complexity index is 789. The number of piperidine rings is 1. The number of carbonyl (C=O) groups excluding carboxylic acids is 1. The number of rotatable bonds is 7. The molecule has 2 heterocycles. The molecule has 0 aliphatic carbocycles. The highest BCUT2D eigenvalue weighted by molar-refractivity contribution is 6.30. The largest absolute Gasteiger partial charge is 0.476 e. The van der Waals surface area contributed by atoms with Gasteiger partial charge in [0.1, 0.15) is 11.4 Å². The number of carbonyl (C=O) groups is 1. The first-order chi connectivity index (χ1) is 13.5. The predicted molar refractivity (Wildman–Crippen MR) is 110 cm³/mol. The highest BCUT2D eigenvalue weighted by Crippen LogP contribution is 2.28. The summed E-state index contributed by atoms with van der Waals surface area (Å²) < 4.78 is 5.87. The van der Waals surface area contributed by atoms with Crippen molar-refractivity contribution in [2.45, 2.75) is 39.5 Å². The van der Waals surface area contributed by atoms with Crippen molar-refractivity contribution in [3.63, 3.8) is 0 Å². The maximum atomic E-state index is 12.6. The van der Waals surface area contributed by atoms with Gasteiger partial charge in [0.2, 0.25) is 5.88 Å². The molecule has 0 radical (unpaired) electrons. The third-order valence-corrected chi connectivity index (χ3v) is 4.89. The van der Waals surface area contributed by atoms with Crippen LogP contribution >= 0.6 is 11.6 Å². The van der Waals surface area contributed by atoms with Gasteiger partial charge in [-0.15, -0.1) is 0 Å². The van der Waals surface area contributed by atoms with Gasteiger partial charge in [0.15, 0.2) is 0 Å². The van der Waals surface area contributed by atoms with Crippen molar-refractivity contribution in [2.24, 2.45) is 5.92 Å². The SMILES string of the molecule is CC(C)CCOc1ncc(C(=O)NN2CCCCC2)nc1-c1ccc(Cl)cc1. The van der Waals surface area contributed by atoms with Gasteiger partial charge in [-0.05, 0) is 37.3 Å². The van der Waals surface area contributed by atoms with E-state index in [4.69, 9.17) is 16.3 Å². The van der Waals surface area contributed by atoms with E-state index in [1.807, 2.05) is 17.1 Å². The lowest BCUT2D eigenvalue weighted by atomic mass is 10.1. The molecule has 2 aromatic rings. The normalized spacial score (nSPS) is 14.9. The first-order valence-electron chi connectivity index (χ1n) is 9.84. The average Bonchev–Trinajstić information content (AvgIpc) is 2.69. The molecule has 1 fully saturated rings. The molecule has 1 aromatic carbocycles. The lowest BCUT2D eigenvalue weighted by Crippen LogP contribution is -2.45. The van der Waals surface area contributed by atoms with Crippen molar-refractivity contribution >= 4 is 17.5 Å². The van der Waals surface area contributed by atoms with Crippen molar-refractivity contribution in [1.29, 1.82) is 0 Å². The molecular weight excluding hydrogens is 376 g/mol. The number of aromatic nitrogens is 2. The Balaban J connectivity index is 1.82. The zero-order valence-corrected chi connectivity index (χ0v) is 17.2. The van der Waals surface area contributed by atoms with Crippen LogP contribution < -0.4 is 10.2 Å². The van der Waals surface area contributed by atoms with Gasteiger partial charge in [0.25, 0.3) is 5.91 Å². The minimum atomic E-state index is -0.252. The Labute approximate surface area is 171 Å². The van der Waals surface area contributed by atoms with Gasteiger partial charge < -0.3 is 4.74 Å². The zero-order chi connectivity index (χ0) is 19.9. The fraction of sp³-hybridized carbons (Fsp3) is 0.476. The van der Waals surface area contributed by atoms with Crippen molar-refractivity contribution in [1.82, 2.24) is 20.4 Å². The third-order valence-electron chi connectivity index (χ3n) is 4.64. The molecule has 1 N–H and O–H groups in total. The average molecular weight is 403 g/mol. The fourth-order valence-electron chi connectivity index (χ4n) is 2.99. The number of halogens is 1. The first kappa shape index (κ1) is 20.6. The number of hydrazine groups is 1. The van der Waals surface area contributed by atoms with Crippen LogP contribution in [0.25, 0.3) is 11.3 Å². The summed E-state index contributed by atoms with van der Waals surface area (Å²) in [6, 6.07) is 7.29. The van der Waals surface area contributed by atoms with Gasteiger partial charge in [0.05, 0.1) is 12.8 Å². The van der Waals surface area contributed by atoms with Gasteiger partial charge >= 0.3 is 0 Å². The summed E-state index contributed by atoms with van der Waals surface area (Å²) in [5.41, 5.74) is 4.56. The molecule has 28 heavy (non-hydrogen) atoms. The molecule has 0 spiro atoms. The second-order valence-electron chi connectivity index (χ2n) is 7.44. The second-order valence-corrected chi connectivity index (χ2v) is 7.87. The second kappa shape index (κ2) is 9.85. The lowest BCUT2D eigenvalue weighted by molar-refractivity contribution is 0.0744. The van der Waals surface area contributed by atoms with E-state index >= 15 is 0 Å². The Morgan fingerprint density at radius 3 is 2.61 bits per heavy atom. The molecule has 0 saturated carbocycles. The molecule has 150 valence electrons. The van der Waals surface area contributed by atoms with E-state index in [9.17, 15) is 4.79 Å². The maximum absolute atomic E-state index is 12.6. The van der Waals surface area contributed by atoms with Crippen LogP contribution in [0.2, 0.25) is 5.02 Å². The predicted octanol–water partition coefficient (Wildman–Crippen LogP) is 4.35. The minimum Gasteiger partial charge on any atom is -0.476 e. The monoisotopic (exact) mass is 402 g/mol. The number of nitrogens with zero attached hydrogens (tertiary/aromatic N) is 3. The summed E-state index contributed by atoms with van der Waals surface area (Å²) >= 11 is 6.01. The molecule has 7 heteroatoms. The van der Waals surface area contributed by atoms with E-state index in [0.717, 1.165) is 37.9 Å². The third kappa shape index (κ3) is 5.66. The van der Waals surface area contributed by atoms with E-state index in [1.54, 1.807) is 12.1 Å². The van der Waals surface area contributed by atoms with Crippen LogP contribution in [0.15, 0.2) is 30.5 Å². The molecule has 0 atom stereocenters. The summed E-state index contributed by atoms with van der Waals surface area (Å²) in [4.78, 5) is 21.6. The van der Waals surface area contributed by atoms with E-state index in [0.29, 0.717) is 29.1 Å². The van der Waals surface area contributed by atoms with Crippen molar-refractivity contribution in [2.75, 3.05) is 19.7 Å². The zero-order valence-electron chi connectivity index (χ0n) is 16.4. The van der Waals surface area contributed by atoms with Gasteiger partial charge in [0, 0.05) is 23.7 Å². The van der Waals surface area contributed by atoms with Crippen LogP contribution in [0.5, 0.6) is 5.88 Å². The van der Waals surface area contributed by atoms with E-state index < -0.39 is 0 Å². The number of nitrogens with one attached hydrogen (secondary N) is 1.